The van der Waals surface area contributed by atoms with Gasteiger partial charge in [-0.15, -0.1) is 0 Å². The molecule has 0 saturated heterocycles. The molecule has 6 heteroatoms. The van der Waals surface area contributed by atoms with Crippen LogP contribution in [-0.4, -0.2) is 11.3 Å². The maximum absolute atomic E-state index is 12.3. The molecule has 0 bridgehead atoms. The summed E-state index contributed by atoms with van der Waals surface area (Å²) in [6.45, 7) is 0. The number of aldehydes is 1. The van der Waals surface area contributed by atoms with E-state index < -0.39 is 12.0 Å². The number of hydrogen-bond donors (Lipinski definition) is 0. The number of rotatable bonds is 2. The minimum Gasteiger partial charge on any atom is -0.298 e. The van der Waals surface area contributed by atoms with Gasteiger partial charge in [-0.05, 0) is 0 Å². The number of halogens is 4. The minimum atomic E-state index is -2.84. The van der Waals surface area contributed by atoms with Crippen LogP contribution in [0.2, 0.25) is 10.2 Å². The van der Waals surface area contributed by atoms with Crippen LogP contribution in [0.1, 0.15) is 22.3 Å². The molecule has 0 aliphatic rings. The fourth-order valence-corrected chi connectivity index (χ4v) is 1.31. The van der Waals surface area contributed by atoms with Crippen molar-refractivity contribution in [2.75, 3.05) is 0 Å². The van der Waals surface area contributed by atoms with Crippen molar-refractivity contribution in [3.05, 3.63) is 27.5 Å². The Labute approximate surface area is 82.5 Å². The lowest BCUT2D eigenvalue weighted by Gasteiger charge is -2.05. The van der Waals surface area contributed by atoms with Crippen molar-refractivity contribution in [3.8, 4) is 0 Å². The maximum atomic E-state index is 12.3. The van der Waals surface area contributed by atoms with E-state index in [1.165, 1.54) is 0 Å². The Kier molecular flexibility index (Phi) is 3.17. The van der Waals surface area contributed by atoms with Crippen LogP contribution < -0.4 is 0 Å². The average Bonchev–Trinajstić information content (AvgIpc) is 2.04. The molecule has 13 heavy (non-hydrogen) atoms. The Balaban J connectivity index is 3.38. The average molecular weight is 226 g/mol. The van der Waals surface area contributed by atoms with Crippen LogP contribution in [0.3, 0.4) is 0 Å². The Morgan fingerprint density at radius 2 is 2.08 bits per heavy atom. The summed E-state index contributed by atoms with van der Waals surface area (Å²) in [4.78, 5) is 13.7. The van der Waals surface area contributed by atoms with Crippen LogP contribution in [-0.2, 0) is 0 Å². The van der Waals surface area contributed by atoms with E-state index in [-0.39, 0.29) is 15.7 Å². The molecule has 0 radical (unpaired) electrons. The normalized spacial score (nSPS) is 10.5. The standard InChI is InChI=1S/C7H3Cl2F2NO/c8-5-3(2-13)1-12-6(9)4(5)7(10)11/h1-2,7H. The Hall–Kier alpha value is -0.740. The summed E-state index contributed by atoms with van der Waals surface area (Å²) in [5.74, 6) is 0. The summed E-state index contributed by atoms with van der Waals surface area (Å²) in [5.41, 5.74) is -0.700. The van der Waals surface area contributed by atoms with Crippen LogP contribution >= 0.6 is 23.2 Å². The first kappa shape index (κ1) is 10.3. The number of carbonyl (C=O) groups excluding carboxylic acids is 1. The summed E-state index contributed by atoms with van der Waals surface area (Å²) >= 11 is 10.8. The van der Waals surface area contributed by atoms with Crippen LogP contribution in [0, 0.1) is 0 Å². The third-order valence-corrected chi connectivity index (χ3v) is 2.10. The molecule has 0 amide bonds. The van der Waals surface area contributed by atoms with Gasteiger partial charge in [0.1, 0.15) is 5.15 Å². The van der Waals surface area contributed by atoms with Gasteiger partial charge < -0.3 is 0 Å². The first-order valence-corrected chi connectivity index (χ1v) is 3.90. The van der Waals surface area contributed by atoms with Crippen molar-refractivity contribution in [2.24, 2.45) is 0 Å². The summed E-state index contributed by atoms with van der Waals surface area (Å²) in [6, 6.07) is 0. The summed E-state index contributed by atoms with van der Waals surface area (Å²) in [7, 11) is 0. The molecule has 0 fully saturated rings. The van der Waals surface area contributed by atoms with E-state index in [4.69, 9.17) is 23.2 Å². The highest BCUT2D eigenvalue weighted by atomic mass is 35.5. The van der Waals surface area contributed by atoms with Gasteiger partial charge in [0.25, 0.3) is 6.43 Å². The zero-order chi connectivity index (χ0) is 10.0. The monoisotopic (exact) mass is 225 g/mol. The van der Waals surface area contributed by atoms with Gasteiger partial charge in [-0.3, -0.25) is 4.79 Å². The smallest absolute Gasteiger partial charge is 0.268 e. The lowest BCUT2D eigenvalue weighted by atomic mass is 10.2. The first-order chi connectivity index (χ1) is 6.07. The van der Waals surface area contributed by atoms with Gasteiger partial charge >= 0.3 is 0 Å². The maximum Gasteiger partial charge on any atom is 0.268 e. The predicted octanol–water partition coefficient (Wildman–Crippen LogP) is 3.14. The Bertz CT molecular complexity index is 344. The van der Waals surface area contributed by atoms with Crippen molar-refractivity contribution in [1.82, 2.24) is 4.98 Å². The van der Waals surface area contributed by atoms with Crippen LogP contribution in [0.4, 0.5) is 8.78 Å². The molecular weight excluding hydrogens is 223 g/mol. The number of alkyl halides is 2. The second-order valence-corrected chi connectivity index (χ2v) is 2.89. The van der Waals surface area contributed by atoms with Crippen molar-refractivity contribution >= 4 is 29.5 Å². The molecule has 0 N–H and O–H groups in total. The molecule has 0 saturated carbocycles. The molecule has 0 atom stereocenters. The topological polar surface area (TPSA) is 30.0 Å². The van der Waals surface area contributed by atoms with Gasteiger partial charge in [0.05, 0.1) is 16.1 Å². The van der Waals surface area contributed by atoms with Crippen molar-refractivity contribution in [2.45, 2.75) is 6.43 Å². The Morgan fingerprint density at radius 3 is 2.54 bits per heavy atom. The fourth-order valence-electron chi connectivity index (χ4n) is 0.766. The molecule has 0 spiro atoms. The quantitative estimate of drug-likeness (QED) is 0.572. The molecule has 0 unspecified atom stereocenters. The fraction of sp³-hybridized carbons (Fsp3) is 0.143. The number of pyridine rings is 1. The van der Waals surface area contributed by atoms with Gasteiger partial charge in [0, 0.05) is 6.20 Å². The van der Waals surface area contributed by atoms with Gasteiger partial charge in [0.15, 0.2) is 6.29 Å². The molecule has 1 aromatic heterocycles. The second-order valence-electron chi connectivity index (χ2n) is 2.15. The van der Waals surface area contributed by atoms with E-state index in [0.29, 0.717) is 6.29 Å². The summed E-state index contributed by atoms with van der Waals surface area (Å²) < 4.78 is 24.6. The molecule has 1 heterocycles. The molecule has 2 nitrogen and oxygen atoms in total. The largest absolute Gasteiger partial charge is 0.298 e. The number of nitrogens with zero attached hydrogens (tertiary/aromatic N) is 1. The van der Waals surface area contributed by atoms with E-state index in [1.807, 2.05) is 0 Å². The van der Waals surface area contributed by atoms with Crippen LogP contribution in [0.5, 0.6) is 0 Å². The summed E-state index contributed by atoms with van der Waals surface area (Å²) in [5, 5.41) is -0.726. The van der Waals surface area contributed by atoms with E-state index in [9.17, 15) is 13.6 Å². The molecule has 0 aliphatic heterocycles. The zero-order valence-corrected chi connectivity index (χ0v) is 7.61. The molecular formula is C7H3Cl2F2NO. The first-order valence-electron chi connectivity index (χ1n) is 3.15. The van der Waals surface area contributed by atoms with Crippen molar-refractivity contribution in [3.63, 3.8) is 0 Å². The molecule has 1 aromatic rings. The molecule has 0 aliphatic carbocycles. The van der Waals surface area contributed by atoms with Crippen molar-refractivity contribution < 1.29 is 13.6 Å². The lowest BCUT2D eigenvalue weighted by molar-refractivity contribution is 0.112. The van der Waals surface area contributed by atoms with E-state index in [0.717, 1.165) is 6.20 Å². The minimum absolute atomic E-state index is 0.0960. The third-order valence-electron chi connectivity index (χ3n) is 1.37. The van der Waals surface area contributed by atoms with Crippen LogP contribution in [0.25, 0.3) is 0 Å². The van der Waals surface area contributed by atoms with Gasteiger partial charge in [0.2, 0.25) is 0 Å². The SMILES string of the molecule is O=Cc1cnc(Cl)c(C(F)F)c1Cl. The number of aromatic nitrogens is 1. The van der Waals surface area contributed by atoms with Gasteiger partial charge in [-0.1, -0.05) is 23.2 Å². The zero-order valence-electron chi connectivity index (χ0n) is 6.10. The highest BCUT2D eigenvalue weighted by Gasteiger charge is 2.19. The molecule has 1 rings (SSSR count). The Morgan fingerprint density at radius 1 is 1.46 bits per heavy atom. The van der Waals surface area contributed by atoms with E-state index >= 15 is 0 Å². The highest BCUT2D eigenvalue weighted by molar-refractivity contribution is 6.36. The molecule has 70 valence electrons. The summed E-state index contributed by atoms with van der Waals surface area (Å²) in [6.07, 6.45) is -1.45. The second kappa shape index (κ2) is 3.98. The third kappa shape index (κ3) is 1.95. The lowest BCUT2D eigenvalue weighted by Crippen LogP contribution is -1.95. The predicted molar refractivity (Wildman–Crippen MR) is 44.6 cm³/mol. The van der Waals surface area contributed by atoms with Gasteiger partial charge in [-0.25, -0.2) is 13.8 Å². The highest BCUT2D eigenvalue weighted by Crippen LogP contribution is 2.33. The van der Waals surface area contributed by atoms with Crippen LogP contribution in [0.15, 0.2) is 6.20 Å². The number of carbonyl (C=O) groups is 1. The van der Waals surface area contributed by atoms with E-state index in [2.05, 4.69) is 4.98 Å². The van der Waals surface area contributed by atoms with Gasteiger partial charge in [-0.2, -0.15) is 0 Å². The van der Waals surface area contributed by atoms with Crippen molar-refractivity contribution in [1.29, 1.82) is 0 Å². The number of hydrogen-bond acceptors (Lipinski definition) is 2. The van der Waals surface area contributed by atoms with E-state index in [1.54, 1.807) is 0 Å². The molecule has 0 aromatic carbocycles.